The van der Waals surface area contributed by atoms with E-state index in [0.29, 0.717) is 0 Å². The van der Waals surface area contributed by atoms with Gasteiger partial charge >= 0.3 is 0 Å². The number of piperazine rings is 1. The molecule has 1 N–H and O–H groups in total. The van der Waals surface area contributed by atoms with Crippen LogP contribution in [0.3, 0.4) is 0 Å². The molecule has 0 aromatic carbocycles. The maximum atomic E-state index is 3.69. The Morgan fingerprint density at radius 1 is 1.24 bits per heavy atom. The number of hydrogen-bond donors (Lipinski definition) is 1. The van der Waals surface area contributed by atoms with Gasteiger partial charge in [-0.1, -0.05) is 40.0 Å². The molecule has 2 heteroatoms. The van der Waals surface area contributed by atoms with Crippen molar-refractivity contribution < 1.29 is 0 Å². The number of nitrogens with one attached hydrogen (secondary N) is 1. The molecule has 2 nitrogen and oxygen atoms in total. The van der Waals surface area contributed by atoms with Crippen LogP contribution in [0, 0.1) is 5.92 Å². The first kappa shape index (κ1) is 15.0. The zero-order chi connectivity index (χ0) is 12.7. The van der Waals surface area contributed by atoms with Gasteiger partial charge in [0.1, 0.15) is 0 Å². The van der Waals surface area contributed by atoms with Gasteiger partial charge in [0, 0.05) is 25.2 Å². The van der Waals surface area contributed by atoms with E-state index in [1.165, 1.54) is 51.7 Å². The maximum absolute atomic E-state index is 3.69. The van der Waals surface area contributed by atoms with Crippen LogP contribution in [0.2, 0.25) is 0 Å². The molecule has 0 bridgehead atoms. The van der Waals surface area contributed by atoms with E-state index in [0.717, 1.165) is 18.0 Å². The number of nitrogens with zero attached hydrogens (tertiary/aromatic N) is 1. The van der Waals surface area contributed by atoms with E-state index < -0.39 is 0 Å². The second-order valence-electron chi connectivity index (χ2n) is 6.14. The van der Waals surface area contributed by atoms with Gasteiger partial charge in [0.2, 0.25) is 0 Å². The van der Waals surface area contributed by atoms with Crippen molar-refractivity contribution >= 4 is 0 Å². The average Bonchev–Trinajstić information content (AvgIpc) is 2.28. The summed E-state index contributed by atoms with van der Waals surface area (Å²) in [5.41, 5.74) is 0. The highest BCUT2D eigenvalue weighted by Crippen LogP contribution is 2.14. The van der Waals surface area contributed by atoms with Crippen molar-refractivity contribution in [3.05, 3.63) is 0 Å². The molecular formula is C15H32N2. The van der Waals surface area contributed by atoms with Gasteiger partial charge in [-0.2, -0.15) is 0 Å². The standard InChI is InChI=1S/C15H32N2/c1-5-6-7-8-9-17-12-15(10-13(2)3)16-11-14(17)4/h13-16H,5-12H2,1-4H3. The van der Waals surface area contributed by atoms with Crippen LogP contribution in [0.5, 0.6) is 0 Å². The Balaban J connectivity index is 2.25. The van der Waals surface area contributed by atoms with E-state index in [1.807, 2.05) is 0 Å². The lowest BCUT2D eigenvalue weighted by molar-refractivity contribution is 0.129. The van der Waals surface area contributed by atoms with Crippen molar-refractivity contribution in [3.63, 3.8) is 0 Å². The molecule has 0 amide bonds. The molecule has 0 spiro atoms. The summed E-state index contributed by atoms with van der Waals surface area (Å²) in [7, 11) is 0. The molecule has 1 saturated heterocycles. The lowest BCUT2D eigenvalue weighted by Gasteiger charge is -2.39. The first-order valence-corrected chi connectivity index (χ1v) is 7.61. The number of rotatable bonds is 7. The summed E-state index contributed by atoms with van der Waals surface area (Å²) >= 11 is 0. The van der Waals surface area contributed by atoms with E-state index in [9.17, 15) is 0 Å². The van der Waals surface area contributed by atoms with Gasteiger partial charge in [-0.25, -0.2) is 0 Å². The third-order valence-electron chi connectivity index (χ3n) is 3.83. The van der Waals surface area contributed by atoms with Gasteiger partial charge in [0.25, 0.3) is 0 Å². The zero-order valence-corrected chi connectivity index (χ0v) is 12.3. The highest BCUT2D eigenvalue weighted by Gasteiger charge is 2.24. The van der Waals surface area contributed by atoms with Gasteiger partial charge < -0.3 is 5.32 Å². The van der Waals surface area contributed by atoms with Gasteiger partial charge in [0.05, 0.1) is 0 Å². The van der Waals surface area contributed by atoms with Crippen LogP contribution in [-0.2, 0) is 0 Å². The van der Waals surface area contributed by atoms with E-state index in [4.69, 9.17) is 0 Å². The molecule has 17 heavy (non-hydrogen) atoms. The van der Waals surface area contributed by atoms with Crippen molar-refractivity contribution in [3.8, 4) is 0 Å². The summed E-state index contributed by atoms with van der Waals surface area (Å²) in [6.45, 7) is 13.0. The summed E-state index contributed by atoms with van der Waals surface area (Å²) in [5, 5.41) is 3.69. The van der Waals surface area contributed by atoms with E-state index in [2.05, 4.69) is 37.9 Å². The van der Waals surface area contributed by atoms with Crippen molar-refractivity contribution in [2.75, 3.05) is 19.6 Å². The third-order valence-corrected chi connectivity index (χ3v) is 3.83. The molecule has 0 radical (unpaired) electrons. The molecule has 0 saturated carbocycles. The minimum Gasteiger partial charge on any atom is -0.311 e. The van der Waals surface area contributed by atoms with Crippen molar-refractivity contribution in [1.82, 2.24) is 10.2 Å². The maximum Gasteiger partial charge on any atom is 0.0198 e. The second-order valence-corrected chi connectivity index (χ2v) is 6.14. The molecule has 1 aliphatic rings. The molecule has 102 valence electrons. The van der Waals surface area contributed by atoms with Gasteiger partial charge in [-0.05, 0) is 32.2 Å². The molecule has 0 aliphatic carbocycles. The fourth-order valence-corrected chi connectivity index (χ4v) is 2.77. The van der Waals surface area contributed by atoms with Crippen LogP contribution >= 0.6 is 0 Å². The summed E-state index contributed by atoms with van der Waals surface area (Å²) in [6, 6.07) is 1.44. The molecule has 2 unspecified atom stereocenters. The largest absolute Gasteiger partial charge is 0.311 e. The zero-order valence-electron chi connectivity index (χ0n) is 12.3. The second kappa shape index (κ2) is 8.10. The van der Waals surface area contributed by atoms with E-state index in [-0.39, 0.29) is 0 Å². The topological polar surface area (TPSA) is 15.3 Å². The molecule has 0 aromatic rings. The number of hydrogen-bond acceptors (Lipinski definition) is 2. The van der Waals surface area contributed by atoms with Crippen molar-refractivity contribution in [2.45, 2.75) is 71.9 Å². The van der Waals surface area contributed by atoms with E-state index >= 15 is 0 Å². The Hall–Kier alpha value is -0.0800. The molecule has 1 aliphatic heterocycles. The van der Waals surface area contributed by atoms with Crippen LogP contribution in [0.15, 0.2) is 0 Å². The fourth-order valence-electron chi connectivity index (χ4n) is 2.77. The minimum atomic E-state index is 0.720. The average molecular weight is 240 g/mol. The highest BCUT2D eigenvalue weighted by molar-refractivity contribution is 4.84. The van der Waals surface area contributed by atoms with Gasteiger partial charge in [0.15, 0.2) is 0 Å². The molecule has 1 rings (SSSR count). The Morgan fingerprint density at radius 3 is 2.65 bits per heavy atom. The van der Waals surface area contributed by atoms with Crippen LogP contribution in [0.4, 0.5) is 0 Å². The van der Waals surface area contributed by atoms with Crippen molar-refractivity contribution in [1.29, 1.82) is 0 Å². The highest BCUT2D eigenvalue weighted by atomic mass is 15.2. The van der Waals surface area contributed by atoms with Crippen LogP contribution < -0.4 is 5.32 Å². The Labute approximate surface area is 108 Å². The molecular weight excluding hydrogens is 208 g/mol. The van der Waals surface area contributed by atoms with Crippen LogP contribution in [0.1, 0.15) is 59.8 Å². The SMILES string of the molecule is CCCCCCN1CC(CC(C)C)NCC1C. The predicted molar refractivity (Wildman–Crippen MR) is 76.4 cm³/mol. The van der Waals surface area contributed by atoms with Gasteiger partial charge in [-0.15, -0.1) is 0 Å². The van der Waals surface area contributed by atoms with Crippen LogP contribution in [-0.4, -0.2) is 36.6 Å². The lowest BCUT2D eigenvalue weighted by Crippen LogP contribution is -2.55. The lowest BCUT2D eigenvalue weighted by atomic mass is 10.00. The van der Waals surface area contributed by atoms with Gasteiger partial charge in [-0.3, -0.25) is 4.90 Å². The monoisotopic (exact) mass is 240 g/mol. The Bertz CT molecular complexity index is 191. The van der Waals surface area contributed by atoms with E-state index in [1.54, 1.807) is 0 Å². The fraction of sp³-hybridized carbons (Fsp3) is 1.00. The Kier molecular flexibility index (Phi) is 7.14. The third kappa shape index (κ3) is 5.87. The summed E-state index contributed by atoms with van der Waals surface area (Å²) in [5.74, 6) is 0.808. The quantitative estimate of drug-likeness (QED) is 0.687. The minimum absolute atomic E-state index is 0.720. The summed E-state index contributed by atoms with van der Waals surface area (Å²) in [4.78, 5) is 2.69. The molecule has 1 fully saturated rings. The summed E-state index contributed by atoms with van der Waals surface area (Å²) in [6.07, 6.45) is 6.84. The Morgan fingerprint density at radius 2 is 2.00 bits per heavy atom. The number of unbranched alkanes of at least 4 members (excludes halogenated alkanes) is 3. The first-order valence-electron chi connectivity index (χ1n) is 7.61. The first-order chi connectivity index (χ1) is 8.13. The normalized spacial score (nSPS) is 26.6. The van der Waals surface area contributed by atoms with Crippen molar-refractivity contribution in [2.24, 2.45) is 5.92 Å². The smallest absolute Gasteiger partial charge is 0.0198 e. The predicted octanol–water partition coefficient (Wildman–Crippen LogP) is 3.28. The van der Waals surface area contributed by atoms with Crippen LogP contribution in [0.25, 0.3) is 0 Å². The summed E-state index contributed by atoms with van der Waals surface area (Å²) < 4.78 is 0. The molecule has 0 aromatic heterocycles. The molecule has 1 heterocycles. The molecule has 2 atom stereocenters.